The molecular weight excluding hydrogens is 585 g/mol. The second-order valence-corrected chi connectivity index (χ2v) is 11.1. The number of carbonyl (C=O) groups excluding carboxylic acids is 2. The summed E-state index contributed by atoms with van der Waals surface area (Å²) in [4.78, 5) is 43.0. The highest BCUT2D eigenvalue weighted by molar-refractivity contribution is 7.80. The molecule has 2 saturated heterocycles. The summed E-state index contributed by atoms with van der Waals surface area (Å²) in [7, 11) is 1.29. The Bertz CT molecular complexity index is 1080. The van der Waals surface area contributed by atoms with Crippen LogP contribution >= 0.6 is 35.4 Å². The lowest BCUT2D eigenvalue weighted by molar-refractivity contribution is -0.141. The number of aliphatic hydroxyl groups is 2. The zero-order valence-electron chi connectivity index (χ0n) is 22.1. The van der Waals surface area contributed by atoms with Crippen LogP contribution < -0.4 is 10.6 Å². The molecule has 0 radical (unpaired) electrons. The molecule has 3 atom stereocenters. The predicted molar refractivity (Wildman–Crippen MR) is 152 cm³/mol. The summed E-state index contributed by atoms with van der Waals surface area (Å²) in [6.45, 7) is 2.96. The maximum atomic E-state index is 13.6. The van der Waals surface area contributed by atoms with E-state index in [0.717, 1.165) is 25.9 Å². The van der Waals surface area contributed by atoms with Gasteiger partial charge in [-0.1, -0.05) is 29.3 Å². The number of hydrogen-bond donors (Lipinski definition) is 5. The number of ether oxygens (including phenoxy) is 1. The van der Waals surface area contributed by atoms with E-state index in [4.69, 9.17) is 45.3 Å². The summed E-state index contributed by atoms with van der Waals surface area (Å²) in [6.07, 6.45) is -0.843. The van der Waals surface area contributed by atoms with E-state index in [9.17, 15) is 24.6 Å². The fourth-order valence-electron chi connectivity index (χ4n) is 4.96. The molecule has 2 heterocycles. The third-order valence-corrected chi connectivity index (χ3v) is 8.00. The number of piperazine rings is 1. The molecule has 0 saturated carbocycles. The van der Waals surface area contributed by atoms with Crippen LogP contribution in [0.15, 0.2) is 18.2 Å². The number of likely N-dealkylation sites (tertiary alicyclic amines) is 1. The highest BCUT2D eigenvalue weighted by Gasteiger charge is 2.40. The van der Waals surface area contributed by atoms with Crippen LogP contribution in [0.25, 0.3) is 0 Å². The second kappa shape index (κ2) is 15.0. The smallest absolute Gasteiger partial charge is 0.409 e. The van der Waals surface area contributed by atoms with Crippen LogP contribution in [-0.4, -0.2) is 124 Å². The standard InChI is InChI=1S/C25H35Cl2N5O7S/c1-39-25(38)32-14-17(12-30-6-2-3-7-30)31(21(33)9-15-4-5-18(26)19(27)8-15)13-16(32)11-28-24(40)29-20(23(36)37)10-22(34)35/h4-5,8,16-17,20,23,36-37H,2-3,6-7,9-14H2,1H3,(H,34,35)(H2,28,29,40)/t16-,17-,20-/m1/s1. The lowest BCUT2D eigenvalue weighted by Gasteiger charge is -2.46. The number of amides is 2. The molecule has 40 heavy (non-hydrogen) atoms. The number of methoxy groups -OCH3 is 1. The molecule has 0 spiro atoms. The van der Waals surface area contributed by atoms with Gasteiger partial charge in [0.2, 0.25) is 5.91 Å². The van der Waals surface area contributed by atoms with Gasteiger partial charge in [-0.15, -0.1) is 0 Å². The van der Waals surface area contributed by atoms with Crippen molar-refractivity contribution < 1.29 is 34.4 Å². The summed E-state index contributed by atoms with van der Waals surface area (Å²) < 4.78 is 5.04. The number of rotatable bonds is 10. The van der Waals surface area contributed by atoms with Crippen molar-refractivity contribution in [3.8, 4) is 0 Å². The van der Waals surface area contributed by atoms with E-state index in [1.54, 1.807) is 28.0 Å². The first kappa shape index (κ1) is 32.1. The predicted octanol–water partition coefficient (Wildman–Crippen LogP) is 0.898. The molecule has 222 valence electrons. The number of carbonyl (C=O) groups is 3. The average Bonchev–Trinajstić information content (AvgIpc) is 3.41. The van der Waals surface area contributed by atoms with Gasteiger partial charge in [-0.3, -0.25) is 14.5 Å². The van der Waals surface area contributed by atoms with Crippen LogP contribution in [0.5, 0.6) is 0 Å². The van der Waals surface area contributed by atoms with Gasteiger partial charge >= 0.3 is 12.1 Å². The number of carboxylic acid groups (broad SMARTS) is 1. The number of hydrogen-bond acceptors (Lipinski definition) is 8. The quantitative estimate of drug-likeness (QED) is 0.187. The van der Waals surface area contributed by atoms with Gasteiger partial charge in [-0.2, -0.15) is 0 Å². The van der Waals surface area contributed by atoms with E-state index in [0.29, 0.717) is 22.2 Å². The van der Waals surface area contributed by atoms with Crippen LogP contribution in [-0.2, 0) is 20.7 Å². The van der Waals surface area contributed by atoms with Crippen molar-refractivity contribution in [3.63, 3.8) is 0 Å². The molecule has 5 N–H and O–H groups in total. The minimum Gasteiger partial charge on any atom is -0.481 e. The van der Waals surface area contributed by atoms with Crippen LogP contribution in [0.3, 0.4) is 0 Å². The van der Waals surface area contributed by atoms with Gasteiger partial charge in [0, 0.05) is 26.2 Å². The maximum absolute atomic E-state index is 13.6. The fraction of sp³-hybridized carbons (Fsp3) is 0.600. The van der Waals surface area contributed by atoms with E-state index >= 15 is 0 Å². The number of nitrogens with one attached hydrogen (secondary N) is 2. The zero-order chi connectivity index (χ0) is 29.4. The number of carboxylic acids is 1. The summed E-state index contributed by atoms with van der Waals surface area (Å²) in [5, 5.41) is 34.2. The minimum atomic E-state index is -1.96. The van der Waals surface area contributed by atoms with Crippen LogP contribution in [0.2, 0.25) is 10.0 Å². The molecule has 0 aliphatic carbocycles. The third kappa shape index (κ3) is 9.05. The highest BCUT2D eigenvalue weighted by Crippen LogP contribution is 2.25. The lowest BCUT2D eigenvalue weighted by Crippen LogP contribution is -2.66. The minimum absolute atomic E-state index is 0.0305. The largest absolute Gasteiger partial charge is 0.481 e. The van der Waals surface area contributed by atoms with E-state index in [-0.39, 0.29) is 43.1 Å². The molecule has 3 rings (SSSR count). The van der Waals surface area contributed by atoms with Gasteiger partial charge in [0.1, 0.15) is 0 Å². The summed E-state index contributed by atoms with van der Waals surface area (Å²) >= 11 is 17.4. The molecule has 12 nitrogen and oxygen atoms in total. The molecule has 1 aromatic rings. The molecule has 0 bridgehead atoms. The average molecular weight is 621 g/mol. The summed E-state index contributed by atoms with van der Waals surface area (Å²) in [5.41, 5.74) is 0.710. The van der Waals surface area contributed by atoms with Crippen molar-refractivity contribution >= 4 is 58.5 Å². The van der Waals surface area contributed by atoms with Crippen molar-refractivity contribution in [2.24, 2.45) is 0 Å². The molecule has 1 aromatic carbocycles. The van der Waals surface area contributed by atoms with Gasteiger partial charge in [0.05, 0.1) is 48.1 Å². The second-order valence-electron chi connectivity index (χ2n) is 9.88. The number of aliphatic carboxylic acids is 1. The van der Waals surface area contributed by atoms with Crippen molar-refractivity contribution in [1.29, 1.82) is 0 Å². The van der Waals surface area contributed by atoms with Crippen molar-refractivity contribution in [2.45, 2.75) is 50.1 Å². The van der Waals surface area contributed by atoms with Crippen molar-refractivity contribution in [3.05, 3.63) is 33.8 Å². The highest BCUT2D eigenvalue weighted by atomic mass is 35.5. The van der Waals surface area contributed by atoms with E-state index < -0.39 is 36.9 Å². The first-order chi connectivity index (χ1) is 19.0. The number of nitrogens with zero attached hydrogens (tertiary/aromatic N) is 3. The molecule has 0 aromatic heterocycles. The Morgan fingerprint density at radius 2 is 1.77 bits per heavy atom. The first-order valence-electron chi connectivity index (χ1n) is 12.9. The number of benzene rings is 1. The van der Waals surface area contributed by atoms with Gasteiger partial charge < -0.3 is 40.5 Å². The SMILES string of the molecule is COC(=O)N1C[C@@H](CN2CCCC2)N(C(=O)Cc2ccc(Cl)c(Cl)c2)C[C@H]1CNC(=S)N[C@H](CC(=O)O)C(O)O. The molecule has 2 amide bonds. The van der Waals surface area contributed by atoms with E-state index in [2.05, 4.69) is 15.5 Å². The van der Waals surface area contributed by atoms with Gasteiger partial charge in [0.25, 0.3) is 0 Å². The Morgan fingerprint density at radius 1 is 1.10 bits per heavy atom. The molecule has 0 unspecified atom stereocenters. The first-order valence-corrected chi connectivity index (χ1v) is 14.1. The molecule has 2 aliphatic heterocycles. The Morgan fingerprint density at radius 3 is 2.38 bits per heavy atom. The van der Waals surface area contributed by atoms with Gasteiger partial charge in [-0.05, 0) is 55.8 Å². The Kier molecular flexibility index (Phi) is 12.0. The summed E-state index contributed by atoms with van der Waals surface area (Å²) in [5.74, 6) is -1.37. The third-order valence-electron chi connectivity index (χ3n) is 7.00. The molecule has 15 heteroatoms. The van der Waals surface area contributed by atoms with Crippen LogP contribution in [0.1, 0.15) is 24.8 Å². The number of halogens is 2. The molecule has 2 fully saturated rings. The van der Waals surface area contributed by atoms with E-state index in [1.165, 1.54) is 7.11 Å². The van der Waals surface area contributed by atoms with Gasteiger partial charge in [0.15, 0.2) is 11.4 Å². The van der Waals surface area contributed by atoms with Crippen LogP contribution in [0, 0.1) is 0 Å². The Balaban J connectivity index is 1.77. The van der Waals surface area contributed by atoms with Gasteiger partial charge in [-0.25, -0.2) is 4.79 Å². The maximum Gasteiger partial charge on any atom is 0.409 e. The Hall–Kier alpha value is -2.42. The van der Waals surface area contributed by atoms with E-state index in [1.807, 2.05) is 0 Å². The van der Waals surface area contributed by atoms with Crippen LogP contribution in [0.4, 0.5) is 4.79 Å². The fourth-order valence-corrected chi connectivity index (χ4v) is 5.52. The number of aliphatic hydroxyl groups excluding tert-OH is 1. The monoisotopic (exact) mass is 619 g/mol. The zero-order valence-corrected chi connectivity index (χ0v) is 24.4. The molecular formula is C25H35Cl2N5O7S. The lowest BCUT2D eigenvalue weighted by atomic mass is 10.0. The van der Waals surface area contributed by atoms with Crippen molar-refractivity contribution in [2.75, 3.05) is 46.4 Å². The summed E-state index contributed by atoms with van der Waals surface area (Å²) in [6, 6.07) is 2.99. The number of thiocarbonyl (C=S) groups is 1. The molecule has 2 aliphatic rings. The topological polar surface area (TPSA) is 155 Å². The van der Waals surface area contributed by atoms with Crippen molar-refractivity contribution in [1.82, 2.24) is 25.3 Å². The Labute approximate surface area is 248 Å². The normalized spacial score (nSPS) is 20.4.